The molecule has 0 aromatic heterocycles. The number of aliphatic carboxylic acids is 1. The van der Waals surface area contributed by atoms with Gasteiger partial charge in [-0.2, -0.15) is 0 Å². The van der Waals surface area contributed by atoms with Gasteiger partial charge in [-0.3, -0.25) is 9.36 Å². The van der Waals surface area contributed by atoms with Crippen LogP contribution in [0.25, 0.3) is 0 Å². The number of benzene rings is 2. The number of nitrogens with one attached hydrogen (secondary N) is 1. The molecule has 2 atom stereocenters. The monoisotopic (exact) mass is 511 g/mol. The molecule has 2 N–H and O–H groups in total. The van der Waals surface area contributed by atoms with Crippen molar-refractivity contribution in [2.24, 2.45) is 17.8 Å². The maximum atomic E-state index is 14.5. The number of carboxylic acids is 1. The fourth-order valence-corrected chi connectivity index (χ4v) is 9.35. The van der Waals surface area contributed by atoms with Gasteiger partial charge in [0.2, 0.25) is 7.37 Å². The molecule has 2 aromatic carbocycles. The Morgan fingerprint density at radius 3 is 1.97 bits per heavy atom. The van der Waals surface area contributed by atoms with Gasteiger partial charge in [-0.25, -0.2) is 4.79 Å². The van der Waals surface area contributed by atoms with E-state index >= 15 is 0 Å². The first kappa shape index (κ1) is 25.0. The fourth-order valence-electron chi connectivity index (χ4n) is 6.89. The summed E-state index contributed by atoms with van der Waals surface area (Å²) in [5.41, 5.74) is 1.10. The lowest BCUT2D eigenvalue weighted by Crippen LogP contribution is -2.52. The predicted molar refractivity (Wildman–Crippen MR) is 136 cm³/mol. The van der Waals surface area contributed by atoms with Gasteiger partial charge in [0.15, 0.2) is 0 Å². The van der Waals surface area contributed by atoms with Crippen molar-refractivity contribution in [2.45, 2.75) is 62.9 Å². The Labute approximate surface area is 212 Å². The molecule has 4 bridgehead atoms. The second-order valence-electron chi connectivity index (χ2n) is 10.9. The van der Waals surface area contributed by atoms with E-state index in [0.29, 0.717) is 17.8 Å². The van der Waals surface area contributed by atoms with Crippen molar-refractivity contribution in [3.63, 3.8) is 0 Å². The number of carboxylic acid groups (broad SMARTS) is 1. The van der Waals surface area contributed by atoms with Crippen LogP contribution in [0.15, 0.2) is 60.7 Å². The Morgan fingerprint density at radius 2 is 1.44 bits per heavy atom. The van der Waals surface area contributed by atoms with Crippen molar-refractivity contribution in [3.8, 4) is 0 Å². The summed E-state index contributed by atoms with van der Waals surface area (Å²) in [6.45, 7) is 0.0593. The lowest BCUT2D eigenvalue weighted by atomic mass is 9.54. The van der Waals surface area contributed by atoms with Crippen LogP contribution in [0.1, 0.15) is 49.7 Å². The van der Waals surface area contributed by atoms with Gasteiger partial charge in [0.1, 0.15) is 18.6 Å². The standard InChI is InChI=1S/C28H34NO6P/c30-26(31)19-36(33,35-28-15-22-11-23(16-28)13-24(12-22)17-28)25(14-20-7-3-1-4-8-20)29-27(32)34-18-21-9-5-2-6-10-21/h1-10,22-25H,11-19H2,(H,29,32)(H,30,31). The van der Waals surface area contributed by atoms with Gasteiger partial charge in [-0.05, 0) is 67.4 Å². The van der Waals surface area contributed by atoms with Crippen molar-refractivity contribution >= 4 is 19.4 Å². The van der Waals surface area contributed by atoms with E-state index in [1.54, 1.807) is 0 Å². The van der Waals surface area contributed by atoms with Gasteiger partial charge in [-0.15, -0.1) is 0 Å². The molecule has 0 radical (unpaired) electrons. The molecule has 2 unspecified atom stereocenters. The zero-order valence-electron chi connectivity index (χ0n) is 20.4. The van der Waals surface area contributed by atoms with E-state index in [9.17, 15) is 19.3 Å². The van der Waals surface area contributed by atoms with Crippen molar-refractivity contribution in [3.05, 3.63) is 71.8 Å². The number of ether oxygens (including phenoxy) is 1. The van der Waals surface area contributed by atoms with Gasteiger partial charge in [0, 0.05) is 6.42 Å². The number of rotatable bonds is 10. The molecule has 0 aliphatic heterocycles. The molecule has 8 heteroatoms. The fraction of sp³-hybridized carbons (Fsp3) is 0.500. The Bertz CT molecular complexity index is 1090. The number of hydrogen-bond acceptors (Lipinski definition) is 5. The summed E-state index contributed by atoms with van der Waals surface area (Å²) < 4.78 is 26.5. The van der Waals surface area contributed by atoms with Crippen LogP contribution in [-0.2, 0) is 31.6 Å². The van der Waals surface area contributed by atoms with E-state index in [4.69, 9.17) is 9.26 Å². The van der Waals surface area contributed by atoms with Crippen molar-refractivity contribution < 1.29 is 28.5 Å². The van der Waals surface area contributed by atoms with Crippen LogP contribution in [0.2, 0.25) is 0 Å². The topological polar surface area (TPSA) is 102 Å². The Balaban J connectivity index is 1.39. The van der Waals surface area contributed by atoms with E-state index in [-0.39, 0.29) is 13.0 Å². The molecule has 0 saturated heterocycles. The van der Waals surface area contributed by atoms with Crippen LogP contribution in [0.3, 0.4) is 0 Å². The highest BCUT2D eigenvalue weighted by molar-refractivity contribution is 7.60. The van der Waals surface area contributed by atoms with E-state index in [2.05, 4.69) is 5.32 Å². The van der Waals surface area contributed by atoms with Crippen LogP contribution in [0.4, 0.5) is 4.79 Å². The molecule has 4 aliphatic carbocycles. The third-order valence-corrected chi connectivity index (χ3v) is 10.6. The van der Waals surface area contributed by atoms with E-state index < -0.39 is 37.0 Å². The molecule has 0 spiro atoms. The van der Waals surface area contributed by atoms with Crippen LogP contribution in [-0.4, -0.2) is 34.7 Å². The lowest BCUT2D eigenvalue weighted by Gasteiger charge is -2.57. The van der Waals surface area contributed by atoms with Crippen LogP contribution < -0.4 is 5.32 Å². The van der Waals surface area contributed by atoms with Gasteiger partial charge in [0.05, 0.1) is 5.60 Å². The summed E-state index contributed by atoms with van der Waals surface area (Å²) in [5, 5.41) is 12.5. The van der Waals surface area contributed by atoms with Gasteiger partial charge in [0.25, 0.3) is 0 Å². The summed E-state index contributed by atoms with van der Waals surface area (Å²) in [6, 6.07) is 18.6. The molecule has 2 aromatic rings. The average molecular weight is 512 g/mol. The molecule has 6 rings (SSSR count). The molecular formula is C28H34NO6P. The molecular weight excluding hydrogens is 477 g/mol. The largest absolute Gasteiger partial charge is 0.481 e. The second kappa shape index (κ2) is 10.4. The van der Waals surface area contributed by atoms with E-state index in [0.717, 1.165) is 30.4 Å². The molecule has 36 heavy (non-hydrogen) atoms. The highest BCUT2D eigenvalue weighted by Gasteiger charge is 2.55. The second-order valence-corrected chi connectivity index (χ2v) is 13.5. The van der Waals surface area contributed by atoms with Crippen molar-refractivity contribution in [2.75, 3.05) is 6.16 Å². The highest BCUT2D eigenvalue weighted by atomic mass is 31.2. The van der Waals surface area contributed by atoms with Gasteiger partial charge in [-0.1, -0.05) is 60.7 Å². The number of carbonyl (C=O) groups excluding carboxylic acids is 1. The first-order valence-electron chi connectivity index (χ1n) is 12.8. The van der Waals surface area contributed by atoms with E-state index in [1.807, 2.05) is 60.7 Å². The summed E-state index contributed by atoms with van der Waals surface area (Å²) in [6.07, 6.45) is 4.83. The van der Waals surface area contributed by atoms with Crippen LogP contribution >= 0.6 is 7.37 Å². The SMILES string of the molecule is O=C(O)CP(=O)(OC12CC3CC(CC(C3)C1)C2)C(Cc1ccccc1)NC(=O)OCc1ccccc1. The normalized spacial score (nSPS) is 28.7. The Kier molecular flexibility index (Phi) is 7.23. The van der Waals surface area contributed by atoms with E-state index in [1.165, 1.54) is 19.3 Å². The molecule has 7 nitrogen and oxygen atoms in total. The minimum Gasteiger partial charge on any atom is -0.481 e. The lowest BCUT2D eigenvalue weighted by molar-refractivity contribution is -0.134. The quantitative estimate of drug-likeness (QED) is 0.389. The minimum absolute atomic E-state index is 0.0593. The Hall–Kier alpha value is -2.63. The first-order chi connectivity index (χ1) is 17.3. The third-order valence-electron chi connectivity index (χ3n) is 7.93. The maximum absolute atomic E-state index is 14.5. The first-order valence-corrected chi connectivity index (χ1v) is 14.7. The summed E-state index contributed by atoms with van der Waals surface area (Å²) >= 11 is 0. The van der Waals surface area contributed by atoms with Crippen molar-refractivity contribution in [1.29, 1.82) is 0 Å². The predicted octanol–water partition coefficient (Wildman–Crippen LogP) is 5.83. The molecule has 0 heterocycles. The number of hydrogen-bond donors (Lipinski definition) is 2. The third kappa shape index (κ3) is 5.84. The molecule has 1 amide bonds. The number of amides is 1. The molecule has 192 valence electrons. The molecule has 4 saturated carbocycles. The molecule has 4 fully saturated rings. The average Bonchev–Trinajstić information content (AvgIpc) is 2.82. The Morgan fingerprint density at radius 1 is 0.917 bits per heavy atom. The zero-order chi connectivity index (χ0) is 25.2. The zero-order valence-corrected chi connectivity index (χ0v) is 21.3. The van der Waals surface area contributed by atoms with Crippen LogP contribution in [0, 0.1) is 17.8 Å². The molecule has 4 aliphatic rings. The van der Waals surface area contributed by atoms with Crippen LogP contribution in [0.5, 0.6) is 0 Å². The summed E-state index contributed by atoms with van der Waals surface area (Å²) in [4.78, 5) is 24.8. The summed E-state index contributed by atoms with van der Waals surface area (Å²) in [7, 11) is -3.86. The van der Waals surface area contributed by atoms with Crippen molar-refractivity contribution in [1.82, 2.24) is 5.32 Å². The summed E-state index contributed by atoms with van der Waals surface area (Å²) in [5.74, 6) is -0.560. The smallest absolute Gasteiger partial charge is 0.408 e. The van der Waals surface area contributed by atoms with Gasteiger partial charge >= 0.3 is 12.1 Å². The maximum Gasteiger partial charge on any atom is 0.408 e. The number of carbonyl (C=O) groups is 2. The van der Waals surface area contributed by atoms with Gasteiger partial charge < -0.3 is 19.7 Å². The number of alkyl carbamates (subject to hydrolysis) is 1. The minimum atomic E-state index is -3.86. The highest BCUT2D eigenvalue weighted by Crippen LogP contribution is 2.64.